The second kappa shape index (κ2) is 5.06. The van der Waals surface area contributed by atoms with Gasteiger partial charge < -0.3 is 14.7 Å². The van der Waals surface area contributed by atoms with Crippen molar-refractivity contribution >= 4 is 27.6 Å². The van der Waals surface area contributed by atoms with Gasteiger partial charge in [-0.2, -0.15) is 0 Å². The van der Waals surface area contributed by atoms with E-state index >= 15 is 0 Å². The first-order valence-electron chi connectivity index (χ1n) is 5.47. The molecule has 1 fully saturated rings. The van der Waals surface area contributed by atoms with Gasteiger partial charge in [0.2, 0.25) is 0 Å². The van der Waals surface area contributed by atoms with E-state index in [4.69, 9.17) is 9.84 Å². The number of hydrogen-bond donors (Lipinski definition) is 1. The summed E-state index contributed by atoms with van der Waals surface area (Å²) in [5.74, 6) is -0.910. The molecule has 0 aliphatic carbocycles. The number of carboxylic acid groups (broad SMARTS) is 1. The second-order valence-corrected chi connectivity index (χ2v) is 4.95. The molecule has 17 heavy (non-hydrogen) atoms. The van der Waals surface area contributed by atoms with Crippen LogP contribution in [0, 0.1) is 0 Å². The van der Waals surface area contributed by atoms with Crippen LogP contribution in [0.4, 0.5) is 5.69 Å². The highest BCUT2D eigenvalue weighted by Gasteiger charge is 2.19. The van der Waals surface area contributed by atoms with Crippen LogP contribution in [0.1, 0.15) is 17.3 Å². The quantitative estimate of drug-likeness (QED) is 0.911. The van der Waals surface area contributed by atoms with Crippen molar-refractivity contribution in [3.8, 4) is 0 Å². The molecule has 4 nitrogen and oxygen atoms in total. The Hall–Kier alpha value is -1.07. The predicted molar refractivity (Wildman–Crippen MR) is 68.7 cm³/mol. The number of aromatic carboxylic acids is 1. The molecule has 1 heterocycles. The molecule has 1 unspecified atom stereocenters. The molecule has 5 heteroatoms. The maximum absolute atomic E-state index is 10.8. The van der Waals surface area contributed by atoms with Crippen LogP contribution >= 0.6 is 15.9 Å². The van der Waals surface area contributed by atoms with Crippen molar-refractivity contribution in [1.29, 1.82) is 0 Å². The SMILES string of the molecule is CC1CN(c2ccc(C(=O)O)cc2Br)CCO1. The number of nitrogens with zero attached hydrogens (tertiary/aromatic N) is 1. The van der Waals surface area contributed by atoms with Gasteiger partial charge in [0.1, 0.15) is 0 Å². The highest BCUT2D eigenvalue weighted by atomic mass is 79.9. The fourth-order valence-corrected chi connectivity index (χ4v) is 2.56. The summed E-state index contributed by atoms with van der Waals surface area (Å²) < 4.78 is 6.29. The summed E-state index contributed by atoms with van der Waals surface area (Å²) >= 11 is 3.43. The molecule has 2 rings (SSSR count). The fourth-order valence-electron chi connectivity index (χ4n) is 1.93. The van der Waals surface area contributed by atoms with Gasteiger partial charge in [0.05, 0.1) is 24.0 Å². The van der Waals surface area contributed by atoms with E-state index in [1.54, 1.807) is 12.1 Å². The van der Waals surface area contributed by atoms with E-state index in [9.17, 15) is 4.79 Å². The molecule has 1 aromatic carbocycles. The third-order valence-electron chi connectivity index (χ3n) is 2.78. The zero-order chi connectivity index (χ0) is 12.4. The van der Waals surface area contributed by atoms with Gasteiger partial charge in [-0.1, -0.05) is 0 Å². The summed E-state index contributed by atoms with van der Waals surface area (Å²) in [5.41, 5.74) is 1.31. The molecule has 0 saturated carbocycles. The number of anilines is 1. The van der Waals surface area contributed by atoms with Gasteiger partial charge in [-0.15, -0.1) is 0 Å². The van der Waals surface area contributed by atoms with Crippen LogP contribution in [0.3, 0.4) is 0 Å². The van der Waals surface area contributed by atoms with Crippen molar-refractivity contribution < 1.29 is 14.6 Å². The Labute approximate surface area is 108 Å². The minimum atomic E-state index is -0.910. The van der Waals surface area contributed by atoms with Gasteiger partial charge in [-0.25, -0.2) is 4.79 Å². The minimum Gasteiger partial charge on any atom is -0.478 e. The standard InChI is InChI=1S/C12H14BrNO3/c1-8-7-14(4-5-17-8)11-3-2-9(12(15)16)6-10(11)13/h2-3,6,8H,4-5,7H2,1H3,(H,15,16). The van der Waals surface area contributed by atoms with E-state index in [-0.39, 0.29) is 6.10 Å². The summed E-state index contributed by atoms with van der Waals surface area (Å²) in [5, 5.41) is 8.90. The molecule has 1 aromatic rings. The third kappa shape index (κ3) is 2.79. The minimum absolute atomic E-state index is 0.204. The summed E-state index contributed by atoms with van der Waals surface area (Å²) in [6, 6.07) is 5.10. The first-order chi connectivity index (χ1) is 8.08. The average Bonchev–Trinajstić information content (AvgIpc) is 2.28. The Morgan fingerprint density at radius 1 is 1.59 bits per heavy atom. The number of morpholine rings is 1. The highest BCUT2D eigenvalue weighted by Crippen LogP contribution is 2.28. The smallest absolute Gasteiger partial charge is 0.335 e. The summed E-state index contributed by atoms with van der Waals surface area (Å²) in [6.45, 7) is 4.39. The molecule has 0 amide bonds. The Morgan fingerprint density at radius 2 is 2.35 bits per heavy atom. The van der Waals surface area contributed by atoms with Crippen LogP contribution in [-0.4, -0.2) is 36.9 Å². The molecule has 1 saturated heterocycles. The molecule has 1 aliphatic heterocycles. The lowest BCUT2D eigenvalue weighted by molar-refractivity contribution is 0.0531. The highest BCUT2D eigenvalue weighted by molar-refractivity contribution is 9.10. The van der Waals surface area contributed by atoms with Crippen molar-refractivity contribution in [2.75, 3.05) is 24.6 Å². The fraction of sp³-hybridized carbons (Fsp3) is 0.417. The molecular formula is C12H14BrNO3. The average molecular weight is 300 g/mol. The molecule has 1 N–H and O–H groups in total. The van der Waals surface area contributed by atoms with Gasteiger partial charge in [0.15, 0.2) is 0 Å². The maximum Gasteiger partial charge on any atom is 0.335 e. The zero-order valence-electron chi connectivity index (χ0n) is 9.52. The summed E-state index contributed by atoms with van der Waals surface area (Å²) in [6.07, 6.45) is 0.204. The summed E-state index contributed by atoms with van der Waals surface area (Å²) in [4.78, 5) is 13.0. The number of carbonyl (C=O) groups is 1. The van der Waals surface area contributed by atoms with Crippen LogP contribution < -0.4 is 4.90 Å². The zero-order valence-corrected chi connectivity index (χ0v) is 11.1. The van der Waals surface area contributed by atoms with Crippen molar-refractivity contribution in [3.05, 3.63) is 28.2 Å². The molecule has 0 bridgehead atoms. The van der Waals surface area contributed by atoms with E-state index in [2.05, 4.69) is 20.8 Å². The topological polar surface area (TPSA) is 49.8 Å². The van der Waals surface area contributed by atoms with Crippen LogP contribution in [0.2, 0.25) is 0 Å². The molecular weight excluding hydrogens is 286 g/mol. The number of benzene rings is 1. The molecule has 1 aliphatic rings. The number of ether oxygens (including phenoxy) is 1. The Morgan fingerprint density at radius 3 is 2.94 bits per heavy atom. The largest absolute Gasteiger partial charge is 0.478 e. The van der Waals surface area contributed by atoms with Gasteiger partial charge >= 0.3 is 5.97 Å². The lowest BCUT2D eigenvalue weighted by Gasteiger charge is -2.33. The van der Waals surface area contributed by atoms with Crippen LogP contribution in [0.15, 0.2) is 22.7 Å². The third-order valence-corrected chi connectivity index (χ3v) is 3.41. The van der Waals surface area contributed by atoms with E-state index in [1.165, 1.54) is 0 Å². The van der Waals surface area contributed by atoms with E-state index in [0.29, 0.717) is 12.2 Å². The van der Waals surface area contributed by atoms with Gasteiger partial charge in [0.25, 0.3) is 0 Å². The number of hydrogen-bond acceptors (Lipinski definition) is 3. The molecule has 0 spiro atoms. The Bertz CT molecular complexity index is 436. The number of carboxylic acids is 1. The number of rotatable bonds is 2. The lowest BCUT2D eigenvalue weighted by atomic mass is 10.2. The summed E-state index contributed by atoms with van der Waals surface area (Å²) in [7, 11) is 0. The second-order valence-electron chi connectivity index (χ2n) is 4.10. The molecule has 0 radical (unpaired) electrons. The van der Waals surface area contributed by atoms with Crippen molar-refractivity contribution in [1.82, 2.24) is 0 Å². The monoisotopic (exact) mass is 299 g/mol. The van der Waals surface area contributed by atoms with Gasteiger partial charge in [-0.05, 0) is 41.1 Å². The normalized spacial score (nSPS) is 20.4. The van der Waals surface area contributed by atoms with Crippen LogP contribution in [0.25, 0.3) is 0 Å². The van der Waals surface area contributed by atoms with Crippen LogP contribution in [-0.2, 0) is 4.74 Å². The van der Waals surface area contributed by atoms with Crippen molar-refractivity contribution in [2.45, 2.75) is 13.0 Å². The first kappa shape index (κ1) is 12.4. The van der Waals surface area contributed by atoms with Crippen LogP contribution in [0.5, 0.6) is 0 Å². The lowest BCUT2D eigenvalue weighted by Crippen LogP contribution is -2.41. The predicted octanol–water partition coefficient (Wildman–Crippen LogP) is 2.37. The Kier molecular flexibility index (Phi) is 3.69. The van der Waals surface area contributed by atoms with Crippen molar-refractivity contribution in [3.63, 3.8) is 0 Å². The Balaban J connectivity index is 2.23. The first-order valence-corrected chi connectivity index (χ1v) is 6.26. The van der Waals surface area contributed by atoms with E-state index in [1.807, 2.05) is 13.0 Å². The molecule has 1 atom stereocenters. The molecule has 0 aromatic heterocycles. The number of halogens is 1. The van der Waals surface area contributed by atoms with Crippen molar-refractivity contribution in [2.24, 2.45) is 0 Å². The van der Waals surface area contributed by atoms with E-state index < -0.39 is 5.97 Å². The van der Waals surface area contributed by atoms with Gasteiger partial charge in [0, 0.05) is 17.6 Å². The van der Waals surface area contributed by atoms with Gasteiger partial charge in [-0.3, -0.25) is 0 Å². The maximum atomic E-state index is 10.8. The molecule has 92 valence electrons. The van der Waals surface area contributed by atoms with E-state index in [0.717, 1.165) is 23.2 Å².